The van der Waals surface area contributed by atoms with E-state index in [2.05, 4.69) is 28.2 Å². The number of nitrogens with two attached hydrogens (primary N) is 1. The van der Waals surface area contributed by atoms with Crippen LogP contribution in [0, 0.1) is 0 Å². The summed E-state index contributed by atoms with van der Waals surface area (Å²) in [4.78, 5) is 2.48. The Kier molecular flexibility index (Phi) is 4.75. The van der Waals surface area contributed by atoms with Gasteiger partial charge < -0.3 is 10.8 Å². The van der Waals surface area contributed by atoms with Gasteiger partial charge in [0.05, 0.1) is 13.2 Å². The van der Waals surface area contributed by atoms with Crippen molar-refractivity contribution in [1.29, 1.82) is 0 Å². The molecule has 0 amide bonds. The number of aliphatic hydroxyl groups excluding tert-OH is 1. The summed E-state index contributed by atoms with van der Waals surface area (Å²) in [6, 6.07) is 10.2. The van der Waals surface area contributed by atoms with Crippen molar-refractivity contribution in [1.82, 2.24) is 14.7 Å². The van der Waals surface area contributed by atoms with Gasteiger partial charge in [-0.3, -0.25) is 9.58 Å². The van der Waals surface area contributed by atoms with Gasteiger partial charge in [-0.1, -0.05) is 12.1 Å². The van der Waals surface area contributed by atoms with E-state index in [1.165, 1.54) is 11.3 Å². The molecule has 1 aromatic heterocycles. The Labute approximate surface area is 131 Å². The Morgan fingerprint density at radius 1 is 1.23 bits per heavy atom. The van der Waals surface area contributed by atoms with Crippen molar-refractivity contribution in [3.8, 4) is 0 Å². The number of nitrogens with zero attached hydrogens (tertiary/aromatic N) is 3. The van der Waals surface area contributed by atoms with E-state index in [1.54, 1.807) is 0 Å². The summed E-state index contributed by atoms with van der Waals surface area (Å²) in [5, 5.41) is 13.4. The number of rotatable bonds is 5. The number of hydrogen-bond acceptors (Lipinski definition) is 4. The first-order chi connectivity index (χ1) is 10.8. The van der Waals surface area contributed by atoms with Crippen LogP contribution in [0.5, 0.6) is 0 Å². The van der Waals surface area contributed by atoms with Crippen LogP contribution in [-0.2, 0) is 13.1 Å². The lowest BCUT2D eigenvalue weighted by molar-refractivity contribution is 0.199. The van der Waals surface area contributed by atoms with E-state index in [1.807, 2.05) is 23.0 Å². The molecular formula is C17H24N4O. The number of piperidine rings is 1. The highest BCUT2D eigenvalue weighted by atomic mass is 16.3. The van der Waals surface area contributed by atoms with Gasteiger partial charge in [0.1, 0.15) is 0 Å². The zero-order valence-electron chi connectivity index (χ0n) is 12.9. The summed E-state index contributed by atoms with van der Waals surface area (Å²) in [6.07, 6.45) is 4.11. The number of anilines is 1. The molecule has 0 spiro atoms. The van der Waals surface area contributed by atoms with E-state index in [9.17, 15) is 0 Å². The minimum Gasteiger partial charge on any atom is -0.399 e. The molecule has 0 saturated carbocycles. The maximum atomic E-state index is 9.11. The van der Waals surface area contributed by atoms with Gasteiger partial charge in [-0.25, -0.2) is 0 Å². The number of nitrogen functional groups attached to an aromatic ring is 1. The van der Waals surface area contributed by atoms with Crippen LogP contribution in [0.3, 0.4) is 0 Å². The lowest BCUT2D eigenvalue weighted by atomic mass is 9.93. The molecule has 1 aliphatic rings. The Morgan fingerprint density at radius 3 is 2.77 bits per heavy atom. The molecule has 1 aromatic carbocycles. The topological polar surface area (TPSA) is 67.3 Å². The number of hydrogen-bond donors (Lipinski definition) is 2. The van der Waals surface area contributed by atoms with Crippen LogP contribution in [-0.4, -0.2) is 39.5 Å². The van der Waals surface area contributed by atoms with E-state index in [-0.39, 0.29) is 6.61 Å². The first kappa shape index (κ1) is 15.1. The molecular weight excluding hydrogens is 276 g/mol. The molecule has 0 bridgehead atoms. The Balaban J connectivity index is 1.57. The zero-order valence-corrected chi connectivity index (χ0v) is 12.9. The van der Waals surface area contributed by atoms with Crippen LogP contribution in [0.25, 0.3) is 0 Å². The quantitative estimate of drug-likeness (QED) is 0.827. The summed E-state index contributed by atoms with van der Waals surface area (Å²) in [5.41, 5.74) is 9.22. The molecule has 118 valence electrons. The Bertz CT molecular complexity index is 602. The van der Waals surface area contributed by atoms with Crippen LogP contribution in [0.15, 0.2) is 36.5 Å². The van der Waals surface area contributed by atoms with Crippen LogP contribution in [0.2, 0.25) is 0 Å². The Morgan fingerprint density at radius 2 is 2.05 bits per heavy atom. The lowest BCUT2D eigenvalue weighted by Gasteiger charge is -2.32. The fourth-order valence-electron chi connectivity index (χ4n) is 3.31. The SMILES string of the molecule is Nc1cccc(CN2CCC(c3ccnn3CCO)CC2)c1. The number of likely N-dealkylation sites (tertiary alicyclic amines) is 1. The van der Waals surface area contributed by atoms with Gasteiger partial charge in [0.2, 0.25) is 0 Å². The summed E-state index contributed by atoms with van der Waals surface area (Å²) in [7, 11) is 0. The predicted octanol–water partition coefficient (Wildman–Crippen LogP) is 1.84. The molecule has 5 heteroatoms. The van der Waals surface area contributed by atoms with Gasteiger partial charge in [0.25, 0.3) is 0 Å². The van der Waals surface area contributed by atoms with Crippen LogP contribution in [0.1, 0.15) is 30.0 Å². The molecule has 2 heterocycles. The lowest BCUT2D eigenvalue weighted by Crippen LogP contribution is -2.33. The third-order valence-corrected chi connectivity index (χ3v) is 4.42. The average molecular weight is 300 g/mol. The molecule has 22 heavy (non-hydrogen) atoms. The number of aliphatic hydroxyl groups is 1. The van der Waals surface area contributed by atoms with Gasteiger partial charge in [-0.05, 0) is 49.7 Å². The van der Waals surface area contributed by atoms with Gasteiger partial charge in [-0.2, -0.15) is 5.10 Å². The van der Waals surface area contributed by atoms with Crippen molar-refractivity contribution in [3.05, 3.63) is 47.8 Å². The molecule has 0 radical (unpaired) electrons. The number of aromatic nitrogens is 2. The largest absolute Gasteiger partial charge is 0.399 e. The molecule has 0 unspecified atom stereocenters. The first-order valence-corrected chi connectivity index (χ1v) is 7.95. The summed E-state index contributed by atoms with van der Waals surface area (Å²) < 4.78 is 1.94. The van der Waals surface area contributed by atoms with Crippen LogP contribution < -0.4 is 5.73 Å². The van der Waals surface area contributed by atoms with E-state index >= 15 is 0 Å². The monoisotopic (exact) mass is 300 g/mol. The van der Waals surface area contributed by atoms with Crippen LogP contribution >= 0.6 is 0 Å². The number of benzene rings is 1. The second-order valence-corrected chi connectivity index (χ2v) is 6.00. The van der Waals surface area contributed by atoms with Crippen LogP contribution in [0.4, 0.5) is 5.69 Å². The summed E-state index contributed by atoms with van der Waals surface area (Å²) in [6.45, 7) is 3.87. The molecule has 1 saturated heterocycles. The van der Waals surface area contributed by atoms with Crippen molar-refractivity contribution in [3.63, 3.8) is 0 Å². The highest BCUT2D eigenvalue weighted by Crippen LogP contribution is 2.28. The smallest absolute Gasteiger partial charge is 0.0644 e. The fourth-order valence-corrected chi connectivity index (χ4v) is 3.31. The molecule has 3 N–H and O–H groups in total. The van der Waals surface area contributed by atoms with Crippen molar-refractivity contribution in [2.75, 3.05) is 25.4 Å². The highest BCUT2D eigenvalue weighted by Gasteiger charge is 2.23. The van der Waals surface area contributed by atoms with Crippen molar-refractivity contribution in [2.45, 2.75) is 31.8 Å². The Hall–Kier alpha value is -1.85. The third kappa shape index (κ3) is 3.48. The van der Waals surface area contributed by atoms with Gasteiger partial charge >= 0.3 is 0 Å². The fraction of sp³-hybridized carbons (Fsp3) is 0.471. The van der Waals surface area contributed by atoms with E-state index in [4.69, 9.17) is 10.8 Å². The van der Waals surface area contributed by atoms with Crippen molar-refractivity contribution >= 4 is 5.69 Å². The second kappa shape index (κ2) is 6.94. The van der Waals surface area contributed by atoms with E-state index in [0.717, 1.165) is 38.2 Å². The highest BCUT2D eigenvalue weighted by molar-refractivity contribution is 5.40. The maximum Gasteiger partial charge on any atom is 0.0644 e. The molecule has 0 aliphatic carbocycles. The van der Waals surface area contributed by atoms with Gasteiger partial charge in [0, 0.05) is 30.0 Å². The standard InChI is InChI=1S/C17H24N4O/c18-16-3-1-2-14(12-16)13-20-8-5-15(6-9-20)17-4-7-19-21(17)10-11-22/h1-4,7,12,15,22H,5-6,8-11,13,18H2. The first-order valence-electron chi connectivity index (χ1n) is 7.95. The predicted molar refractivity (Wildman–Crippen MR) is 87.4 cm³/mol. The average Bonchev–Trinajstić information content (AvgIpc) is 2.97. The van der Waals surface area contributed by atoms with Gasteiger partial charge in [-0.15, -0.1) is 0 Å². The summed E-state index contributed by atoms with van der Waals surface area (Å²) >= 11 is 0. The molecule has 2 aromatic rings. The van der Waals surface area contributed by atoms with Crippen molar-refractivity contribution in [2.24, 2.45) is 0 Å². The van der Waals surface area contributed by atoms with E-state index < -0.39 is 0 Å². The summed E-state index contributed by atoms with van der Waals surface area (Å²) in [5.74, 6) is 0.547. The van der Waals surface area contributed by atoms with Crippen molar-refractivity contribution < 1.29 is 5.11 Å². The van der Waals surface area contributed by atoms with Gasteiger partial charge in [0.15, 0.2) is 0 Å². The zero-order chi connectivity index (χ0) is 15.4. The molecule has 5 nitrogen and oxygen atoms in total. The second-order valence-electron chi connectivity index (χ2n) is 6.00. The molecule has 3 rings (SSSR count). The minimum atomic E-state index is 0.142. The molecule has 1 fully saturated rings. The normalized spacial score (nSPS) is 17.0. The molecule has 0 atom stereocenters. The molecule has 1 aliphatic heterocycles. The maximum absolute atomic E-state index is 9.11. The minimum absolute atomic E-state index is 0.142. The van der Waals surface area contributed by atoms with E-state index in [0.29, 0.717) is 12.5 Å². The third-order valence-electron chi connectivity index (χ3n) is 4.42.